The second-order valence-corrected chi connectivity index (χ2v) is 7.61. The number of esters is 1. The Hall–Kier alpha value is -2.89. The number of benzene rings is 1. The Morgan fingerprint density at radius 2 is 1.96 bits per heavy atom. The van der Waals surface area contributed by atoms with Gasteiger partial charge in [-0.1, -0.05) is 11.6 Å². The summed E-state index contributed by atoms with van der Waals surface area (Å²) >= 11 is 7.14. The molecular formula is C19H16ClN3O4S. The zero-order valence-corrected chi connectivity index (χ0v) is 16.3. The summed E-state index contributed by atoms with van der Waals surface area (Å²) in [5, 5.41) is 15.3. The van der Waals surface area contributed by atoms with Crippen molar-refractivity contribution in [2.45, 2.75) is 19.3 Å². The van der Waals surface area contributed by atoms with Crippen molar-refractivity contribution < 1.29 is 19.1 Å². The standard InChI is InChI=1S/C19H16ClN3O4S/c20-12-6-4-11(5-7-12)18(26)22-9-17(25)27-10-16(24)23-19-14(8-21)13-2-1-3-15(13)28-19/h4-7H,1-3,9-10H2,(H,22,26)(H,23,24). The summed E-state index contributed by atoms with van der Waals surface area (Å²) in [6, 6.07) is 8.32. The molecule has 0 saturated carbocycles. The molecule has 0 saturated heterocycles. The van der Waals surface area contributed by atoms with Crippen LogP contribution in [0.15, 0.2) is 24.3 Å². The van der Waals surface area contributed by atoms with Crippen LogP contribution in [0.5, 0.6) is 0 Å². The lowest BCUT2D eigenvalue weighted by molar-refractivity contribution is -0.146. The monoisotopic (exact) mass is 417 g/mol. The Bertz CT molecular complexity index is 963. The molecule has 2 amide bonds. The van der Waals surface area contributed by atoms with Gasteiger partial charge in [0.25, 0.3) is 11.8 Å². The number of ether oxygens (including phenoxy) is 1. The third-order valence-electron chi connectivity index (χ3n) is 4.15. The maximum atomic E-state index is 12.0. The van der Waals surface area contributed by atoms with Gasteiger partial charge >= 0.3 is 5.97 Å². The summed E-state index contributed by atoms with van der Waals surface area (Å²) in [7, 11) is 0. The molecule has 1 heterocycles. The fraction of sp³-hybridized carbons (Fsp3) is 0.263. The second-order valence-electron chi connectivity index (χ2n) is 6.07. The Labute approximate surface area is 170 Å². The molecule has 144 valence electrons. The number of hydrogen-bond acceptors (Lipinski definition) is 6. The predicted molar refractivity (Wildman–Crippen MR) is 104 cm³/mol. The van der Waals surface area contributed by atoms with Gasteiger partial charge in [-0.15, -0.1) is 11.3 Å². The molecule has 0 atom stereocenters. The van der Waals surface area contributed by atoms with Crippen LogP contribution >= 0.6 is 22.9 Å². The van der Waals surface area contributed by atoms with E-state index in [4.69, 9.17) is 16.3 Å². The molecule has 2 N–H and O–H groups in total. The lowest BCUT2D eigenvalue weighted by atomic mass is 10.1. The van der Waals surface area contributed by atoms with E-state index in [1.165, 1.54) is 23.5 Å². The van der Waals surface area contributed by atoms with Crippen molar-refractivity contribution in [2.24, 2.45) is 0 Å². The molecule has 0 spiro atoms. The fourth-order valence-corrected chi connectivity index (χ4v) is 4.21. The molecular weight excluding hydrogens is 402 g/mol. The number of nitriles is 1. The molecule has 0 aliphatic heterocycles. The molecule has 1 aromatic heterocycles. The molecule has 0 fully saturated rings. The van der Waals surface area contributed by atoms with Crippen LogP contribution in [0.3, 0.4) is 0 Å². The zero-order chi connectivity index (χ0) is 20.1. The van der Waals surface area contributed by atoms with Gasteiger partial charge in [-0.05, 0) is 49.1 Å². The number of nitrogens with zero attached hydrogens (tertiary/aromatic N) is 1. The van der Waals surface area contributed by atoms with Gasteiger partial charge in [-0.3, -0.25) is 14.4 Å². The van der Waals surface area contributed by atoms with Gasteiger partial charge in [0.05, 0.1) is 5.56 Å². The summed E-state index contributed by atoms with van der Waals surface area (Å²) in [6.45, 7) is -0.867. The molecule has 0 unspecified atom stereocenters. The number of thiophene rings is 1. The number of amides is 2. The van der Waals surface area contributed by atoms with Crippen LogP contribution in [-0.2, 0) is 27.2 Å². The lowest BCUT2D eigenvalue weighted by Crippen LogP contribution is -2.32. The number of fused-ring (bicyclic) bond motifs is 1. The lowest BCUT2D eigenvalue weighted by Gasteiger charge is -2.07. The number of rotatable bonds is 6. The third-order valence-corrected chi connectivity index (χ3v) is 5.61. The highest BCUT2D eigenvalue weighted by Crippen LogP contribution is 2.38. The van der Waals surface area contributed by atoms with Crippen molar-refractivity contribution in [3.05, 3.63) is 50.9 Å². The molecule has 28 heavy (non-hydrogen) atoms. The van der Waals surface area contributed by atoms with Crippen LogP contribution in [0.4, 0.5) is 5.00 Å². The predicted octanol–water partition coefficient (Wildman–Crippen LogP) is 2.67. The van der Waals surface area contributed by atoms with E-state index in [0.29, 0.717) is 21.2 Å². The average molecular weight is 418 g/mol. The summed E-state index contributed by atoms with van der Waals surface area (Å²) in [5.41, 5.74) is 1.85. The molecule has 1 aliphatic rings. The number of anilines is 1. The van der Waals surface area contributed by atoms with Crippen LogP contribution in [-0.4, -0.2) is 30.9 Å². The highest BCUT2D eigenvalue weighted by Gasteiger charge is 2.23. The summed E-state index contributed by atoms with van der Waals surface area (Å²) in [5.74, 6) is -1.73. The van der Waals surface area contributed by atoms with E-state index < -0.39 is 24.4 Å². The summed E-state index contributed by atoms with van der Waals surface area (Å²) < 4.78 is 4.87. The second kappa shape index (κ2) is 8.87. The molecule has 7 nitrogen and oxygen atoms in total. The van der Waals surface area contributed by atoms with E-state index in [1.54, 1.807) is 12.1 Å². The highest BCUT2D eigenvalue weighted by molar-refractivity contribution is 7.16. The SMILES string of the molecule is N#Cc1c(NC(=O)COC(=O)CNC(=O)c2ccc(Cl)cc2)sc2c1CCC2. The van der Waals surface area contributed by atoms with E-state index in [1.807, 2.05) is 0 Å². The van der Waals surface area contributed by atoms with Gasteiger partial charge in [0.1, 0.15) is 17.6 Å². The molecule has 3 rings (SSSR count). The van der Waals surface area contributed by atoms with Gasteiger partial charge in [0, 0.05) is 15.5 Å². The average Bonchev–Trinajstić information content (AvgIpc) is 3.25. The molecule has 9 heteroatoms. The van der Waals surface area contributed by atoms with Crippen LogP contribution < -0.4 is 10.6 Å². The Morgan fingerprint density at radius 3 is 2.68 bits per heavy atom. The topological polar surface area (TPSA) is 108 Å². The first-order valence-electron chi connectivity index (χ1n) is 8.52. The Kier molecular flexibility index (Phi) is 6.29. The van der Waals surface area contributed by atoms with Crippen molar-refractivity contribution in [2.75, 3.05) is 18.5 Å². The van der Waals surface area contributed by atoms with E-state index in [9.17, 15) is 19.6 Å². The minimum Gasteiger partial charge on any atom is -0.454 e. The molecule has 2 aromatic rings. The fourth-order valence-electron chi connectivity index (χ4n) is 2.83. The number of halogens is 1. The zero-order valence-electron chi connectivity index (χ0n) is 14.7. The molecule has 0 radical (unpaired) electrons. The summed E-state index contributed by atoms with van der Waals surface area (Å²) in [4.78, 5) is 36.8. The first kappa shape index (κ1) is 19.9. The maximum absolute atomic E-state index is 12.0. The van der Waals surface area contributed by atoms with Gasteiger partial charge < -0.3 is 15.4 Å². The Morgan fingerprint density at radius 1 is 1.21 bits per heavy atom. The highest BCUT2D eigenvalue weighted by atomic mass is 35.5. The quantitative estimate of drug-likeness (QED) is 0.702. The van der Waals surface area contributed by atoms with Crippen LogP contribution in [0.2, 0.25) is 5.02 Å². The minimum atomic E-state index is -0.744. The smallest absolute Gasteiger partial charge is 0.325 e. The van der Waals surface area contributed by atoms with E-state index in [-0.39, 0.29) is 6.54 Å². The summed E-state index contributed by atoms with van der Waals surface area (Å²) in [6.07, 6.45) is 2.77. The van der Waals surface area contributed by atoms with Crippen molar-refractivity contribution in [1.29, 1.82) is 5.26 Å². The van der Waals surface area contributed by atoms with Crippen LogP contribution in [0, 0.1) is 11.3 Å². The van der Waals surface area contributed by atoms with Gasteiger partial charge in [-0.25, -0.2) is 0 Å². The first-order chi connectivity index (χ1) is 13.5. The van der Waals surface area contributed by atoms with E-state index in [0.717, 1.165) is 29.7 Å². The minimum absolute atomic E-state index is 0.352. The van der Waals surface area contributed by atoms with Crippen molar-refractivity contribution in [3.63, 3.8) is 0 Å². The van der Waals surface area contributed by atoms with E-state index in [2.05, 4.69) is 16.7 Å². The molecule has 1 aromatic carbocycles. The molecule has 1 aliphatic carbocycles. The maximum Gasteiger partial charge on any atom is 0.325 e. The number of nitrogens with one attached hydrogen (secondary N) is 2. The normalized spacial score (nSPS) is 12.0. The van der Waals surface area contributed by atoms with E-state index >= 15 is 0 Å². The number of carbonyl (C=O) groups is 3. The number of hydrogen-bond donors (Lipinski definition) is 2. The Balaban J connectivity index is 1.45. The van der Waals surface area contributed by atoms with Gasteiger partial charge in [0.15, 0.2) is 6.61 Å². The molecule has 0 bridgehead atoms. The van der Waals surface area contributed by atoms with Gasteiger partial charge in [0.2, 0.25) is 0 Å². The van der Waals surface area contributed by atoms with Crippen LogP contribution in [0.1, 0.15) is 32.8 Å². The van der Waals surface area contributed by atoms with Crippen molar-refractivity contribution in [1.82, 2.24) is 5.32 Å². The largest absolute Gasteiger partial charge is 0.454 e. The number of carbonyl (C=O) groups excluding carboxylic acids is 3. The first-order valence-corrected chi connectivity index (χ1v) is 9.71. The van der Waals surface area contributed by atoms with Crippen molar-refractivity contribution >= 4 is 45.7 Å². The number of aryl methyl sites for hydroxylation is 1. The van der Waals surface area contributed by atoms with Crippen molar-refractivity contribution in [3.8, 4) is 6.07 Å². The third kappa shape index (κ3) is 4.68. The van der Waals surface area contributed by atoms with Gasteiger partial charge in [-0.2, -0.15) is 5.26 Å². The van der Waals surface area contributed by atoms with Crippen LogP contribution in [0.25, 0.3) is 0 Å².